The minimum Gasteiger partial charge on any atom is -0.467 e. The molecule has 2 aromatic carbocycles. The van der Waals surface area contributed by atoms with Gasteiger partial charge in [-0.15, -0.1) is 0 Å². The molecule has 5 nitrogen and oxygen atoms in total. The van der Waals surface area contributed by atoms with Gasteiger partial charge in [0.15, 0.2) is 5.13 Å². The summed E-state index contributed by atoms with van der Waals surface area (Å²) in [5, 5.41) is 3.16. The fourth-order valence-electron chi connectivity index (χ4n) is 3.78. The van der Waals surface area contributed by atoms with E-state index >= 15 is 0 Å². The van der Waals surface area contributed by atoms with Crippen LogP contribution in [0.1, 0.15) is 11.3 Å². The van der Waals surface area contributed by atoms with Crippen molar-refractivity contribution < 1.29 is 9.53 Å². The smallest absolute Gasteiger partial charge is 0.328 e. The van der Waals surface area contributed by atoms with E-state index in [4.69, 9.17) is 32.9 Å². The van der Waals surface area contributed by atoms with Crippen LogP contribution in [0.2, 0.25) is 10.0 Å². The zero-order valence-corrected chi connectivity index (χ0v) is 17.2. The molecule has 0 bridgehead atoms. The van der Waals surface area contributed by atoms with E-state index in [2.05, 4.69) is 4.98 Å². The summed E-state index contributed by atoms with van der Waals surface area (Å²) in [5.74, 6) is -0.278. The van der Waals surface area contributed by atoms with Gasteiger partial charge in [-0.05, 0) is 42.0 Å². The first-order valence-electron chi connectivity index (χ1n) is 8.73. The molecule has 5 rings (SSSR count). The number of thiazole rings is 1. The van der Waals surface area contributed by atoms with Crippen LogP contribution < -0.4 is 4.90 Å². The standard InChI is InChI=1S/C20H15Cl2N3O2S/c1-27-19(26)17-8-13-12-6-10(21)2-4-14(12)23-16(13)9-25(17)20-24-15-5-3-11(22)7-18(15)28-20/h2-7,17,23H,8-9H2,1H3. The Labute approximate surface area is 174 Å². The number of methoxy groups -OCH3 is 1. The first-order chi connectivity index (χ1) is 13.5. The molecule has 142 valence electrons. The average molecular weight is 432 g/mol. The summed E-state index contributed by atoms with van der Waals surface area (Å²) in [4.78, 5) is 22.8. The second-order valence-electron chi connectivity index (χ2n) is 6.75. The Morgan fingerprint density at radius 2 is 2.04 bits per heavy atom. The van der Waals surface area contributed by atoms with E-state index in [1.807, 2.05) is 41.3 Å². The molecular weight excluding hydrogens is 417 g/mol. The third kappa shape index (κ3) is 2.83. The van der Waals surface area contributed by atoms with Crippen LogP contribution in [0, 0.1) is 0 Å². The number of nitrogens with one attached hydrogen (secondary N) is 1. The maximum absolute atomic E-state index is 12.6. The third-order valence-corrected chi connectivity index (χ3v) is 6.64. The first-order valence-corrected chi connectivity index (χ1v) is 10.3. The Kier molecular flexibility index (Phi) is 4.23. The molecular formula is C20H15Cl2N3O2S. The SMILES string of the molecule is COC(=O)C1Cc2c([nH]c3ccc(Cl)cc23)CN1c1nc2ccc(Cl)cc2s1. The van der Waals surface area contributed by atoms with Gasteiger partial charge in [-0.1, -0.05) is 34.5 Å². The van der Waals surface area contributed by atoms with E-state index in [0.717, 1.165) is 37.5 Å². The number of carbonyl (C=O) groups excluding carboxylic acids is 1. The first kappa shape index (κ1) is 17.8. The van der Waals surface area contributed by atoms with Crippen molar-refractivity contribution >= 4 is 66.8 Å². The maximum Gasteiger partial charge on any atom is 0.328 e. The van der Waals surface area contributed by atoms with Gasteiger partial charge in [-0.3, -0.25) is 0 Å². The van der Waals surface area contributed by atoms with E-state index in [-0.39, 0.29) is 5.97 Å². The van der Waals surface area contributed by atoms with Crippen molar-refractivity contribution in [3.05, 3.63) is 57.7 Å². The van der Waals surface area contributed by atoms with Gasteiger partial charge >= 0.3 is 5.97 Å². The van der Waals surface area contributed by atoms with Crippen LogP contribution in [0.15, 0.2) is 36.4 Å². The van der Waals surface area contributed by atoms with Crippen LogP contribution in [0.5, 0.6) is 0 Å². The predicted octanol–water partition coefficient (Wildman–Crippen LogP) is 5.19. The average Bonchev–Trinajstić information content (AvgIpc) is 3.26. The molecule has 1 unspecified atom stereocenters. The predicted molar refractivity (Wildman–Crippen MR) is 114 cm³/mol. The van der Waals surface area contributed by atoms with Crippen molar-refractivity contribution in [1.29, 1.82) is 0 Å². The van der Waals surface area contributed by atoms with Gasteiger partial charge in [0.1, 0.15) is 6.04 Å². The Morgan fingerprint density at radius 1 is 1.25 bits per heavy atom. The molecule has 2 aromatic heterocycles. The number of fused-ring (bicyclic) bond motifs is 4. The summed E-state index contributed by atoms with van der Waals surface area (Å²) < 4.78 is 6.09. The fraction of sp³-hybridized carbons (Fsp3) is 0.200. The summed E-state index contributed by atoms with van der Waals surface area (Å²) >= 11 is 13.8. The number of rotatable bonds is 2. The number of benzene rings is 2. The number of ether oxygens (including phenoxy) is 1. The molecule has 1 N–H and O–H groups in total. The van der Waals surface area contributed by atoms with Crippen molar-refractivity contribution in [2.24, 2.45) is 0 Å². The van der Waals surface area contributed by atoms with Crippen molar-refractivity contribution in [2.45, 2.75) is 19.0 Å². The summed E-state index contributed by atoms with van der Waals surface area (Å²) in [5.41, 5.74) is 4.04. The number of halogens is 2. The Morgan fingerprint density at radius 3 is 2.86 bits per heavy atom. The van der Waals surface area contributed by atoms with Crippen LogP contribution >= 0.6 is 34.5 Å². The summed E-state index contributed by atoms with van der Waals surface area (Å²) in [7, 11) is 1.42. The van der Waals surface area contributed by atoms with Gasteiger partial charge in [-0.2, -0.15) is 0 Å². The highest BCUT2D eigenvalue weighted by Crippen LogP contribution is 2.38. The molecule has 0 saturated heterocycles. The number of carbonyl (C=O) groups is 1. The second-order valence-corrected chi connectivity index (χ2v) is 8.63. The lowest BCUT2D eigenvalue weighted by atomic mass is 9.97. The number of aromatic nitrogens is 2. The van der Waals surface area contributed by atoms with Crippen molar-refractivity contribution in [3.63, 3.8) is 0 Å². The Hall–Kier alpha value is -2.28. The monoisotopic (exact) mass is 431 g/mol. The minimum absolute atomic E-state index is 0.278. The molecule has 1 atom stereocenters. The van der Waals surface area contributed by atoms with Crippen molar-refractivity contribution in [1.82, 2.24) is 9.97 Å². The fourth-order valence-corrected chi connectivity index (χ4v) is 5.25. The maximum atomic E-state index is 12.6. The molecule has 0 spiro atoms. The van der Waals surface area contributed by atoms with E-state index < -0.39 is 6.04 Å². The summed E-state index contributed by atoms with van der Waals surface area (Å²) in [6.45, 7) is 0.537. The van der Waals surface area contributed by atoms with E-state index in [1.54, 1.807) is 0 Å². The number of esters is 1. The van der Waals surface area contributed by atoms with E-state index in [0.29, 0.717) is 23.0 Å². The number of nitrogens with zero attached hydrogens (tertiary/aromatic N) is 2. The number of aromatic amines is 1. The third-order valence-electron chi connectivity index (χ3n) is 5.12. The number of hydrogen-bond acceptors (Lipinski definition) is 5. The molecule has 1 aliphatic heterocycles. The molecule has 8 heteroatoms. The van der Waals surface area contributed by atoms with Crippen LogP contribution in [0.25, 0.3) is 21.1 Å². The van der Waals surface area contributed by atoms with Crippen LogP contribution in [-0.4, -0.2) is 29.1 Å². The molecule has 28 heavy (non-hydrogen) atoms. The topological polar surface area (TPSA) is 58.2 Å². The molecule has 0 radical (unpaired) electrons. The van der Waals surface area contributed by atoms with Gasteiger partial charge < -0.3 is 14.6 Å². The van der Waals surface area contributed by atoms with Crippen LogP contribution in [-0.2, 0) is 22.5 Å². The zero-order chi connectivity index (χ0) is 19.4. The van der Waals surface area contributed by atoms with Crippen molar-refractivity contribution in [2.75, 3.05) is 12.0 Å². The lowest BCUT2D eigenvalue weighted by molar-refractivity contribution is -0.142. The van der Waals surface area contributed by atoms with Crippen LogP contribution in [0.4, 0.5) is 5.13 Å². The molecule has 0 fully saturated rings. The van der Waals surface area contributed by atoms with Gasteiger partial charge in [0.25, 0.3) is 0 Å². The van der Waals surface area contributed by atoms with Crippen molar-refractivity contribution in [3.8, 4) is 0 Å². The minimum atomic E-state index is -0.452. The van der Waals surface area contributed by atoms with Gasteiger partial charge in [0.2, 0.25) is 0 Å². The highest BCUT2D eigenvalue weighted by atomic mass is 35.5. The molecule has 4 aromatic rings. The Balaban J connectivity index is 1.63. The summed E-state index contributed by atoms with van der Waals surface area (Å²) in [6.07, 6.45) is 0.527. The summed E-state index contributed by atoms with van der Waals surface area (Å²) in [6, 6.07) is 10.9. The highest BCUT2D eigenvalue weighted by Gasteiger charge is 2.36. The zero-order valence-electron chi connectivity index (χ0n) is 14.8. The van der Waals surface area contributed by atoms with E-state index in [1.165, 1.54) is 18.4 Å². The van der Waals surface area contributed by atoms with Gasteiger partial charge in [-0.25, -0.2) is 9.78 Å². The lowest BCUT2D eigenvalue weighted by Gasteiger charge is -2.33. The second kappa shape index (κ2) is 6.65. The van der Waals surface area contributed by atoms with Gasteiger partial charge in [0.05, 0.1) is 23.9 Å². The number of anilines is 1. The Bertz CT molecular complexity index is 1230. The largest absolute Gasteiger partial charge is 0.467 e. The lowest BCUT2D eigenvalue weighted by Crippen LogP contribution is -2.46. The molecule has 3 heterocycles. The molecule has 1 aliphatic rings. The molecule has 0 saturated carbocycles. The quantitative estimate of drug-likeness (QED) is 0.443. The molecule has 0 amide bonds. The number of H-pyrrole nitrogens is 1. The molecule has 0 aliphatic carbocycles. The highest BCUT2D eigenvalue weighted by molar-refractivity contribution is 7.22. The number of hydrogen-bond donors (Lipinski definition) is 1. The van der Waals surface area contributed by atoms with Gasteiger partial charge in [0, 0.05) is 33.1 Å². The van der Waals surface area contributed by atoms with Crippen LogP contribution in [0.3, 0.4) is 0 Å². The normalized spacial score (nSPS) is 16.5. The van der Waals surface area contributed by atoms with E-state index in [9.17, 15) is 4.79 Å².